The van der Waals surface area contributed by atoms with Gasteiger partial charge in [-0.25, -0.2) is 0 Å². The van der Waals surface area contributed by atoms with Gasteiger partial charge in [-0.3, -0.25) is 0 Å². The van der Waals surface area contributed by atoms with Gasteiger partial charge in [0.1, 0.15) is 0 Å². The zero-order chi connectivity index (χ0) is 4.57. The first-order valence-electron chi connectivity index (χ1n) is 2.13. The monoisotopic (exact) mass is 84.1 g/mol. The van der Waals surface area contributed by atoms with E-state index in [0.717, 1.165) is 18.6 Å². The summed E-state index contributed by atoms with van der Waals surface area (Å²) in [5.74, 6) is 0. The largest absolute Gasteiger partial charge is 0.323 e. The van der Waals surface area contributed by atoms with Crippen molar-refractivity contribution < 1.29 is 0 Å². The third-order valence-electron chi connectivity index (χ3n) is 1.17. The molecule has 0 radical (unpaired) electrons. The fraction of sp³-hybridized carbons (Fsp3) is 0.750. The molecule has 2 nitrogen and oxygen atoms in total. The van der Waals surface area contributed by atoms with Crippen molar-refractivity contribution in [2.45, 2.75) is 18.9 Å². The van der Waals surface area contributed by atoms with Crippen LogP contribution in [-0.4, -0.2) is 11.8 Å². The second kappa shape index (κ2) is 1.05. The molecule has 0 saturated heterocycles. The molecule has 0 aromatic rings. The fourth-order valence-electron chi connectivity index (χ4n) is 0.455. The molecule has 1 unspecified atom stereocenters. The van der Waals surface area contributed by atoms with Gasteiger partial charge in [0, 0.05) is 11.8 Å². The molecule has 0 aromatic heterocycles. The van der Waals surface area contributed by atoms with Crippen LogP contribution in [0.3, 0.4) is 0 Å². The van der Waals surface area contributed by atoms with Gasteiger partial charge in [0.05, 0.1) is 0 Å². The van der Waals surface area contributed by atoms with E-state index in [0.29, 0.717) is 0 Å². The van der Waals surface area contributed by atoms with Crippen LogP contribution in [0.1, 0.15) is 12.8 Å². The van der Waals surface area contributed by atoms with Crippen molar-refractivity contribution >= 4 is 5.71 Å². The van der Waals surface area contributed by atoms with Crippen LogP contribution in [-0.2, 0) is 0 Å². The fourth-order valence-corrected chi connectivity index (χ4v) is 0.455. The molecule has 1 rings (SSSR count). The summed E-state index contributed by atoms with van der Waals surface area (Å²) in [5.41, 5.74) is 6.02. The molecule has 0 amide bonds. The molecule has 3 N–H and O–H groups in total. The molecule has 0 bridgehead atoms. The Morgan fingerprint density at radius 1 is 1.83 bits per heavy atom. The summed E-state index contributed by atoms with van der Waals surface area (Å²) in [7, 11) is 0. The van der Waals surface area contributed by atoms with E-state index in [9.17, 15) is 0 Å². The first-order valence-corrected chi connectivity index (χ1v) is 2.13. The summed E-state index contributed by atoms with van der Waals surface area (Å²) in [5, 5.41) is 6.91. The molecule has 0 aromatic carbocycles. The van der Waals surface area contributed by atoms with Crippen LogP contribution in [0.5, 0.6) is 0 Å². The highest BCUT2D eigenvalue weighted by Crippen LogP contribution is 2.10. The zero-order valence-corrected chi connectivity index (χ0v) is 3.57. The van der Waals surface area contributed by atoms with E-state index in [1.54, 1.807) is 0 Å². The number of nitrogens with two attached hydrogens (primary N) is 1. The molecule has 1 saturated carbocycles. The van der Waals surface area contributed by atoms with Gasteiger partial charge >= 0.3 is 0 Å². The Hall–Kier alpha value is -0.370. The van der Waals surface area contributed by atoms with E-state index in [4.69, 9.17) is 11.1 Å². The molecule has 0 heterocycles. The lowest BCUT2D eigenvalue weighted by molar-refractivity contribution is 0.672. The molecule has 0 spiro atoms. The van der Waals surface area contributed by atoms with Crippen molar-refractivity contribution in [3.8, 4) is 0 Å². The van der Waals surface area contributed by atoms with Gasteiger partial charge in [0.25, 0.3) is 0 Å². The summed E-state index contributed by atoms with van der Waals surface area (Å²) < 4.78 is 0. The minimum Gasteiger partial charge on any atom is -0.323 e. The first-order chi connectivity index (χ1) is 2.80. The maximum absolute atomic E-state index is 6.91. The minimum atomic E-state index is 0.116. The van der Waals surface area contributed by atoms with Crippen LogP contribution >= 0.6 is 0 Å². The van der Waals surface area contributed by atoms with Gasteiger partial charge in [-0.05, 0) is 12.8 Å². The smallest absolute Gasteiger partial charge is 0.0426 e. The van der Waals surface area contributed by atoms with E-state index in [1.807, 2.05) is 0 Å². The molecule has 6 heavy (non-hydrogen) atoms. The maximum Gasteiger partial charge on any atom is 0.0426 e. The van der Waals surface area contributed by atoms with Gasteiger partial charge in [-0.2, -0.15) is 0 Å². The van der Waals surface area contributed by atoms with E-state index < -0.39 is 0 Å². The van der Waals surface area contributed by atoms with Gasteiger partial charge < -0.3 is 11.1 Å². The standard InChI is InChI=1S/C4H8N2/c5-3-1-2-4(3)6/h3,6H,1-2,5H2. The highest BCUT2D eigenvalue weighted by molar-refractivity contribution is 5.91. The second-order valence-electron chi connectivity index (χ2n) is 1.67. The molecular formula is C4H8N2. The predicted molar refractivity (Wildman–Crippen MR) is 24.9 cm³/mol. The summed E-state index contributed by atoms with van der Waals surface area (Å²) >= 11 is 0. The lowest BCUT2D eigenvalue weighted by Gasteiger charge is -2.21. The Bertz CT molecular complexity index is 77.6. The number of hydrogen-bond acceptors (Lipinski definition) is 2. The molecular weight excluding hydrogens is 76.1 g/mol. The quantitative estimate of drug-likeness (QED) is 0.430. The third-order valence-corrected chi connectivity index (χ3v) is 1.17. The Morgan fingerprint density at radius 3 is 2.33 bits per heavy atom. The van der Waals surface area contributed by atoms with Gasteiger partial charge in [-0.15, -0.1) is 0 Å². The van der Waals surface area contributed by atoms with Crippen LogP contribution < -0.4 is 5.73 Å². The van der Waals surface area contributed by atoms with Crippen LogP contribution in [0.15, 0.2) is 0 Å². The molecule has 1 aliphatic carbocycles. The molecule has 0 aliphatic heterocycles. The SMILES string of the molecule is N=C1CCC1N. The van der Waals surface area contributed by atoms with Crippen LogP contribution in [0.2, 0.25) is 0 Å². The lowest BCUT2D eigenvalue weighted by atomic mass is 9.92. The predicted octanol–water partition coefficient (Wildman–Crippen LogP) is 0.127. The van der Waals surface area contributed by atoms with E-state index in [1.165, 1.54) is 0 Å². The second-order valence-corrected chi connectivity index (χ2v) is 1.67. The topological polar surface area (TPSA) is 49.9 Å². The van der Waals surface area contributed by atoms with Crippen molar-refractivity contribution in [1.29, 1.82) is 5.41 Å². The normalized spacial score (nSPS) is 32.8. The Balaban J connectivity index is 2.39. The molecule has 34 valence electrons. The zero-order valence-electron chi connectivity index (χ0n) is 3.57. The van der Waals surface area contributed by atoms with Crippen molar-refractivity contribution in [2.75, 3.05) is 0 Å². The molecule has 1 fully saturated rings. The third kappa shape index (κ3) is 0.337. The highest BCUT2D eigenvalue weighted by atomic mass is 14.7. The van der Waals surface area contributed by atoms with Crippen molar-refractivity contribution in [3.05, 3.63) is 0 Å². The highest BCUT2D eigenvalue weighted by Gasteiger charge is 2.18. The minimum absolute atomic E-state index is 0.116. The summed E-state index contributed by atoms with van der Waals surface area (Å²) in [6.45, 7) is 0. The molecule has 2 heteroatoms. The number of nitrogens with one attached hydrogen (secondary N) is 1. The average Bonchev–Trinajstić information content (AvgIpc) is 1.61. The Labute approximate surface area is 36.9 Å². The van der Waals surface area contributed by atoms with E-state index >= 15 is 0 Å². The van der Waals surface area contributed by atoms with Gasteiger partial charge in [-0.1, -0.05) is 0 Å². The van der Waals surface area contributed by atoms with Crippen LogP contribution in [0, 0.1) is 5.41 Å². The summed E-state index contributed by atoms with van der Waals surface area (Å²) in [6, 6.07) is 0.116. The lowest BCUT2D eigenvalue weighted by Crippen LogP contribution is -2.38. The van der Waals surface area contributed by atoms with Gasteiger partial charge in [0.2, 0.25) is 0 Å². The number of rotatable bonds is 0. The Kier molecular flexibility index (Phi) is 0.665. The molecule has 1 aliphatic rings. The Morgan fingerprint density at radius 2 is 2.33 bits per heavy atom. The van der Waals surface area contributed by atoms with E-state index in [-0.39, 0.29) is 6.04 Å². The maximum atomic E-state index is 6.91. The summed E-state index contributed by atoms with van der Waals surface area (Å²) in [6.07, 6.45) is 1.96. The van der Waals surface area contributed by atoms with Crippen molar-refractivity contribution in [2.24, 2.45) is 5.73 Å². The van der Waals surface area contributed by atoms with E-state index in [2.05, 4.69) is 0 Å². The average molecular weight is 84.1 g/mol. The summed E-state index contributed by atoms with van der Waals surface area (Å²) in [4.78, 5) is 0. The number of hydrogen-bond donors (Lipinski definition) is 2. The van der Waals surface area contributed by atoms with Crippen molar-refractivity contribution in [1.82, 2.24) is 0 Å². The first kappa shape index (κ1) is 3.81. The van der Waals surface area contributed by atoms with Crippen LogP contribution in [0.25, 0.3) is 0 Å². The van der Waals surface area contributed by atoms with Crippen LogP contribution in [0.4, 0.5) is 0 Å². The molecule has 1 atom stereocenters. The van der Waals surface area contributed by atoms with Gasteiger partial charge in [0.15, 0.2) is 0 Å². The van der Waals surface area contributed by atoms with Crippen molar-refractivity contribution in [3.63, 3.8) is 0 Å².